The Kier molecular flexibility index (Phi) is 4.98. The Labute approximate surface area is 139 Å². The molecule has 2 aromatic heterocycles. The summed E-state index contributed by atoms with van der Waals surface area (Å²) < 4.78 is 5.36. The van der Waals surface area contributed by atoms with Gasteiger partial charge in [0.25, 0.3) is 5.91 Å². The second kappa shape index (κ2) is 7.52. The summed E-state index contributed by atoms with van der Waals surface area (Å²) in [7, 11) is 0. The van der Waals surface area contributed by atoms with Crippen molar-refractivity contribution in [1.82, 2.24) is 15.3 Å². The van der Waals surface area contributed by atoms with Gasteiger partial charge in [-0.15, -0.1) is 0 Å². The van der Waals surface area contributed by atoms with Crippen LogP contribution < -0.4 is 11.1 Å². The van der Waals surface area contributed by atoms with Crippen LogP contribution in [-0.2, 0) is 13.0 Å². The molecule has 6 nitrogen and oxygen atoms in total. The molecule has 0 bridgehead atoms. The van der Waals surface area contributed by atoms with E-state index in [1.54, 1.807) is 12.4 Å². The first-order valence-corrected chi connectivity index (χ1v) is 7.64. The third-order valence-electron chi connectivity index (χ3n) is 3.55. The second-order valence-corrected chi connectivity index (χ2v) is 5.41. The Balaban J connectivity index is 1.59. The largest absolute Gasteiger partial charge is 0.446 e. The van der Waals surface area contributed by atoms with E-state index in [2.05, 4.69) is 15.3 Å². The molecule has 24 heavy (non-hydrogen) atoms. The van der Waals surface area contributed by atoms with Gasteiger partial charge < -0.3 is 15.5 Å². The van der Waals surface area contributed by atoms with Crippen LogP contribution >= 0.6 is 0 Å². The van der Waals surface area contributed by atoms with E-state index in [4.69, 9.17) is 10.2 Å². The van der Waals surface area contributed by atoms with E-state index >= 15 is 0 Å². The number of rotatable bonds is 6. The number of amides is 1. The molecule has 1 amide bonds. The highest BCUT2D eigenvalue weighted by Gasteiger charge is 2.17. The zero-order valence-corrected chi connectivity index (χ0v) is 13.1. The monoisotopic (exact) mass is 322 g/mol. The fourth-order valence-electron chi connectivity index (χ4n) is 2.29. The molecule has 1 aromatic carbocycles. The number of hydrogen-bond acceptors (Lipinski definition) is 5. The molecule has 0 radical (unpaired) electrons. The number of benzene rings is 1. The van der Waals surface area contributed by atoms with Crippen LogP contribution in [0.1, 0.15) is 33.5 Å². The number of nitrogens with one attached hydrogen (secondary N) is 1. The molecule has 122 valence electrons. The van der Waals surface area contributed by atoms with Crippen molar-refractivity contribution in [1.29, 1.82) is 0 Å². The number of nitrogens with two attached hydrogens (primary N) is 1. The van der Waals surface area contributed by atoms with Gasteiger partial charge in [-0.05, 0) is 23.6 Å². The van der Waals surface area contributed by atoms with Crippen molar-refractivity contribution in [2.45, 2.75) is 19.0 Å². The van der Waals surface area contributed by atoms with Crippen LogP contribution in [0.25, 0.3) is 0 Å². The normalized spacial score (nSPS) is 11.9. The lowest BCUT2D eigenvalue weighted by atomic mass is 10.1. The van der Waals surface area contributed by atoms with Gasteiger partial charge in [0.05, 0.1) is 6.04 Å². The Bertz CT molecular complexity index is 787. The van der Waals surface area contributed by atoms with E-state index in [0.717, 1.165) is 11.1 Å². The van der Waals surface area contributed by atoms with Gasteiger partial charge in [0.2, 0.25) is 5.89 Å². The number of aromatic nitrogens is 2. The van der Waals surface area contributed by atoms with Crippen LogP contribution in [0.15, 0.2) is 65.5 Å². The van der Waals surface area contributed by atoms with Gasteiger partial charge in [-0.3, -0.25) is 9.78 Å². The van der Waals surface area contributed by atoms with E-state index in [1.807, 2.05) is 42.5 Å². The van der Waals surface area contributed by atoms with Crippen molar-refractivity contribution >= 4 is 5.91 Å². The lowest BCUT2D eigenvalue weighted by Crippen LogP contribution is -2.23. The molecule has 0 fully saturated rings. The first kappa shape index (κ1) is 15.9. The maximum atomic E-state index is 12.1. The highest BCUT2D eigenvalue weighted by molar-refractivity contribution is 5.91. The number of oxazole rings is 1. The smallest absolute Gasteiger partial charge is 0.273 e. The fourth-order valence-corrected chi connectivity index (χ4v) is 2.29. The predicted molar refractivity (Wildman–Crippen MR) is 89.0 cm³/mol. The van der Waals surface area contributed by atoms with Crippen molar-refractivity contribution < 1.29 is 9.21 Å². The summed E-state index contributed by atoms with van der Waals surface area (Å²) in [5.74, 6) is 0.0474. The molecule has 0 saturated carbocycles. The second-order valence-electron chi connectivity index (χ2n) is 5.41. The fraction of sp³-hybridized carbons (Fsp3) is 0.167. The number of hydrogen-bond donors (Lipinski definition) is 2. The summed E-state index contributed by atoms with van der Waals surface area (Å²) in [6.07, 6.45) is 5.31. The van der Waals surface area contributed by atoms with Crippen molar-refractivity contribution in [2.75, 3.05) is 0 Å². The highest BCUT2D eigenvalue weighted by Crippen LogP contribution is 2.15. The van der Waals surface area contributed by atoms with Crippen LogP contribution in [0.2, 0.25) is 0 Å². The van der Waals surface area contributed by atoms with Gasteiger partial charge in [-0.25, -0.2) is 4.98 Å². The number of carbonyl (C=O) groups is 1. The Morgan fingerprint density at radius 1 is 1.17 bits per heavy atom. The highest BCUT2D eigenvalue weighted by atomic mass is 16.3. The molecule has 6 heteroatoms. The molecule has 1 unspecified atom stereocenters. The van der Waals surface area contributed by atoms with Crippen molar-refractivity contribution in [3.05, 3.63) is 83.8 Å². The molecule has 0 aliphatic rings. The minimum atomic E-state index is -0.396. The maximum Gasteiger partial charge on any atom is 0.273 e. The quantitative estimate of drug-likeness (QED) is 0.726. The third-order valence-corrected chi connectivity index (χ3v) is 3.55. The van der Waals surface area contributed by atoms with Crippen LogP contribution in [0.4, 0.5) is 0 Å². The summed E-state index contributed by atoms with van der Waals surface area (Å²) in [4.78, 5) is 20.3. The lowest BCUT2D eigenvalue weighted by molar-refractivity contribution is 0.0946. The van der Waals surface area contributed by atoms with Gasteiger partial charge >= 0.3 is 0 Å². The standard InChI is InChI=1S/C18H18N4O2/c19-15(9-13-5-2-1-3-6-13)18-22-16(12-24-18)17(23)21-11-14-7-4-8-20-10-14/h1-8,10,12,15H,9,11,19H2,(H,21,23). The zero-order valence-electron chi connectivity index (χ0n) is 13.1. The average Bonchev–Trinajstić information content (AvgIpc) is 3.12. The minimum Gasteiger partial charge on any atom is -0.446 e. The minimum absolute atomic E-state index is 0.220. The lowest BCUT2D eigenvalue weighted by Gasteiger charge is -2.07. The van der Waals surface area contributed by atoms with E-state index in [-0.39, 0.29) is 11.6 Å². The first-order chi connectivity index (χ1) is 11.7. The van der Waals surface area contributed by atoms with Gasteiger partial charge in [0, 0.05) is 18.9 Å². The molecular weight excluding hydrogens is 304 g/mol. The molecule has 3 N–H and O–H groups in total. The predicted octanol–water partition coefficient (Wildman–Crippen LogP) is 2.24. The molecule has 0 aliphatic heterocycles. The van der Waals surface area contributed by atoms with Crippen LogP contribution in [0, 0.1) is 0 Å². The molecule has 3 aromatic rings. The van der Waals surface area contributed by atoms with Gasteiger partial charge in [-0.1, -0.05) is 36.4 Å². The van der Waals surface area contributed by atoms with Crippen molar-refractivity contribution in [3.8, 4) is 0 Å². The first-order valence-electron chi connectivity index (χ1n) is 7.64. The van der Waals surface area contributed by atoms with Gasteiger partial charge in [0.1, 0.15) is 6.26 Å². The molecule has 2 heterocycles. The van der Waals surface area contributed by atoms with E-state index in [9.17, 15) is 4.79 Å². The summed E-state index contributed by atoms with van der Waals surface area (Å²) in [5, 5.41) is 2.77. The van der Waals surface area contributed by atoms with Gasteiger partial charge in [0.15, 0.2) is 5.69 Å². The van der Waals surface area contributed by atoms with E-state index < -0.39 is 6.04 Å². The van der Waals surface area contributed by atoms with E-state index in [1.165, 1.54) is 6.26 Å². The Hall–Kier alpha value is -2.99. The van der Waals surface area contributed by atoms with E-state index in [0.29, 0.717) is 18.9 Å². The molecule has 3 rings (SSSR count). The Morgan fingerprint density at radius 2 is 1.96 bits per heavy atom. The van der Waals surface area contributed by atoms with Crippen LogP contribution in [0.3, 0.4) is 0 Å². The third kappa shape index (κ3) is 4.05. The summed E-state index contributed by atoms with van der Waals surface area (Å²) in [6.45, 7) is 0.380. The molecule has 0 spiro atoms. The van der Waals surface area contributed by atoms with Crippen LogP contribution in [-0.4, -0.2) is 15.9 Å². The topological polar surface area (TPSA) is 94.0 Å². The van der Waals surface area contributed by atoms with Crippen molar-refractivity contribution in [3.63, 3.8) is 0 Å². The number of pyridine rings is 1. The summed E-state index contributed by atoms with van der Waals surface area (Å²) >= 11 is 0. The molecule has 0 aliphatic carbocycles. The molecule has 0 saturated heterocycles. The number of nitrogens with zero attached hydrogens (tertiary/aromatic N) is 2. The van der Waals surface area contributed by atoms with Gasteiger partial charge in [-0.2, -0.15) is 0 Å². The maximum absolute atomic E-state index is 12.1. The Morgan fingerprint density at radius 3 is 2.71 bits per heavy atom. The zero-order chi connectivity index (χ0) is 16.8. The summed E-state index contributed by atoms with van der Waals surface area (Å²) in [6, 6.07) is 13.1. The van der Waals surface area contributed by atoms with Crippen molar-refractivity contribution in [2.24, 2.45) is 5.73 Å². The number of carbonyl (C=O) groups excluding carboxylic acids is 1. The molecular formula is C18H18N4O2. The average molecular weight is 322 g/mol. The molecule has 1 atom stereocenters. The summed E-state index contributed by atoms with van der Waals surface area (Å²) in [5.41, 5.74) is 8.33. The van der Waals surface area contributed by atoms with Crippen LogP contribution in [0.5, 0.6) is 0 Å². The SMILES string of the molecule is NC(Cc1ccccc1)c1nc(C(=O)NCc2cccnc2)co1.